The summed E-state index contributed by atoms with van der Waals surface area (Å²) < 4.78 is 0. The number of carbonyl (C=O) groups excluding carboxylic acids is 2. The Morgan fingerprint density at radius 3 is 2.61 bits per heavy atom. The van der Waals surface area contributed by atoms with E-state index < -0.39 is 0 Å². The van der Waals surface area contributed by atoms with Crippen LogP contribution < -0.4 is 10.6 Å². The molecule has 2 unspecified atom stereocenters. The number of rotatable bonds is 16. The van der Waals surface area contributed by atoms with E-state index in [0.717, 1.165) is 41.1 Å². The number of ketones is 2. The lowest BCUT2D eigenvalue weighted by molar-refractivity contribution is -0.120. The number of Topliss-reactive ketones (excluding diaryl/α,β-unsaturated/α-hetero) is 2. The number of nitrogens with one attached hydrogen (secondary N) is 2. The minimum atomic E-state index is -0.0536. The van der Waals surface area contributed by atoms with E-state index in [1.165, 1.54) is 34.2 Å². The molecule has 3 rings (SSSR count). The van der Waals surface area contributed by atoms with Crippen molar-refractivity contribution in [1.82, 2.24) is 10.6 Å². The molecule has 3 aliphatic rings. The number of hydrogen-bond donors (Lipinski definition) is 2. The first kappa shape index (κ1) is 37.3. The molecule has 0 aromatic carbocycles. The molecular weight excluding hydrogens is 625 g/mol. The molecule has 0 aromatic heterocycles. The van der Waals surface area contributed by atoms with E-state index in [-0.39, 0.29) is 11.3 Å². The lowest BCUT2D eigenvalue weighted by Gasteiger charge is -2.26. The van der Waals surface area contributed by atoms with Crippen LogP contribution in [0.15, 0.2) is 22.0 Å². The molecule has 232 valence electrons. The van der Waals surface area contributed by atoms with E-state index in [2.05, 4.69) is 50.5 Å². The standard InChI is InChI=1S/C23H39NO2S3.C8H11NS3/c1-18(2)8-9-20(25)6-5-7-21(26)10-13-23(3,4)24-17-28-14-12-22-19(16-27)11-15-29-22;10-8-6-1-4-12-7(6)2-3-11-5-9-8/h12,16,18-19,24H,5-11,13-15,17H2,1-4H3;2,6H,1,3-5H2,(H,9,10)/b22-12+;7-2+. The van der Waals surface area contributed by atoms with Crippen molar-refractivity contribution in [2.45, 2.75) is 91.0 Å². The maximum atomic E-state index is 12.2. The minimum Gasteiger partial charge on any atom is -0.370 e. The van der Waals surface area contributed by atoms with E-state index in [0.29, 0.717) is 55.6 Å². The normalized spacial score (nSPS) is 23.1. The topological polar surface area (TPSA) is 58.2 Å². The third-order valence-corrected chi connectivity index (χ3v) is 12.0. The van der Waals surface area contributed by atoms with E-state index in [4.69, 9.17) is 24.4 Å². The molecule has 0 bridgehead atoms. The monoisotopic (exact) mass is 674 g/mol. The number of allylic oxidation sites excluding steroid dienone is 1. The van der Waals surface area contributed by atoms with Crippen molar-refractivity contribution in [2.24, 2.45) is 17.8 Å². The van der Waals surface area contributed by atoms with Crippen LogP contribution in [0.5, 0.6) is 0 Å². The van der Waals surface area contributed by atoms with E-state index in [1.807, 2.05) is 52.4 Å². The van der Waals surface area contributed by atoms with Gasteiger partial charge >= 0.3 is 0 Å². The summed E-state index contributed by atoms with van der Waals surface area (Å²) in [6, 6.07) is 0. The second-order valence-corrected chi connectivity index (χ2v) is 16.9. The number of hydrogen-bond acceptors (Lipinski definition) is 9. The summed E-state index contributed by atoms with van der Waals surface area (Å²) in [4.78, 5) is 27.9. The van der Waals surface area contributed by atoms with Crippen LogP contribution in [0.4, 0.5) is 0 Å². The summed E-state index contributed by atoms with van der Waals surface area (Å²) in [7, 11) is 0. The Hall–Kier alpha value is 0.160. The number of carbonyl (C=O) groups is 2. The summed E-state index contributed by atoms with van der Waals surface area (Å²) in [6.07, 6.45) is 11.9. The van der Waals surface area contributed by atoms with Crippen LogP contribution in [-0.2, 0) is 9.59 Å². The lowest BCUT2D eigenvalue weighted by Crippen LogP contribution is -2.39. The van der Waals surface area contributed by atoms with Crippen molar-refractivity contribution in [1.29, 1.82) is 0 Å². The first-order chi connectivity index (χ1) is 19.6. The molecule has 41 heavy (non-hydrogen) atoms. The SMILES string of the molecule is CC(C)CCC(=O)CCCC(=O)CCC(C)(C)NCSC/C=C1/SCCC1C=S.S=C1NCSC/C=C2/SCCC12. The van der Waals surface area contributed by atoms with E-state index in [9.17, 15) is 9.59 Å². The van der Waals surface area contributed by atoms with Gasteiger partial charge in [0, 0.05) is 60.4 Å². The smallest absolute Gasteiger partial charge is 0.132 e. The van der Waals surface area contributed by atoms with Crippen LogP contribution in [0.25, 0.3) is 0 Å². The maximum absolute atomic E-state index is 12.2. The molecule has 3 aliphatic heterocycles. The molecule has 4 nitrogen and oxygen atoms in total. The minimum absolute atomic E-state index is 0.0536. The maximum Gasteiger partial charge on any atom is 0.132 e. The molecule has 0 saturated carbocycles. The molecule has 0 amide bonds. The molecule has 2 atom stereocenters. The Morgan fingerprint density at radius 1 is 1.15 bits per heavy atom. The zero-order valence-electron chi connectivity index (χ0n) is 25.3. The summed E-state index contributed by atoms with van der Waals surface area (Å²) in [5, 5.41) is 8.75. The predicted molar refractivity (Wildman–Crippen MR) is 196 cm³/mol. The summed E-state index contributed by atoms with van der Waals surface area (Å²) in [5.41, 5.74) is -0.0536. The molecule has 0 aliphatic carbocycles. The Balaban J connectivity index is 0.000000401. The first-order valence-corrected chi connectivity index (χ1v) is 20.1. The highest BCUT2D eigenvalue weighted by Crippen LogP contribution is 2.38. The fourth-order valence-corrected chi connectivity index (χ4v) is 9.59. The van der Waals surface area contributed by atoms with Crippen molar-refractivity contribution < 1.29 is 9.59 Å². The molecule has 3 heterocycles. The molecule has 2 N–H and O–H groups in total. The fraction of sp³-hybridized carbons (Fsp3) is 0.742. The quantitative estimate of drug-likeness (QED) is 0.0948. The van der Waals surface area contributed by atoms with Crippen molar-refractivity contribution in [2.75, 3.05) is 34.8 Å². The molecule has 0 spiro atoms. The zero-order valence-corrected chi connectivity index (χ0v) is 30.2. The van der Waals surface area contributed by atoms with Crippen molar-refractivity contribution in [3.8, 4) is 0 Å². The number of fused-ring (bicyclic) bond motifs is 1. The summed E-state index contributed by atoms with van der Waals surface area (Å²) >= 11 is 18.1. The van der Waals surface area contributed by atoms with Gasteiger partial charge in [0.1, 0.15) is 11.6 Å². The van der Waals surface area contributed by atoms with Gasteiger partial charge in [0.2, 0.25) is 0 Å². The highest BCUT2D eigenvalue weighted by atomic mass is 32.2. The van der Waals surface area contributed by atoms with Crippen LogP contribution in [0.3, 0.4) is 0 Å². The molecule has 2 fully saturated rings. The fourth-order valence-electron chi connectivity index (χ4n) is 4.51. The van der Waals surface area contributed by atoms with Crippen LogP contribution in [0, 0.1) is 17.8 Å². The average Bonchev–Trinajstić information content (AvgIpc) is 3.58. The summed E-state index contributed by atoms with van der Waals surface area (Å²) in [6.45, 7) is 8.58. The zero-order chi connectivity index (χ0) is 30.1. The Morgan fingerprint density at radius 2 is 1.88 bits per heavy atom. The van der Waals surface area contributed by atoms with Crippen LogP contribution in [-0.4, -0.2) is 62.2 Å². The molecule has 0 aromatic rings. The van der Waals surface area contributed by atoms with Gasteiger partial charge < -0.3 is 10.6 Å². The molecular formula is C31H50N2O2S6. The van der Waals surface area contributed by atoms with Crippen LogP contribution in [0.2, 0.25) is 0 Å². The van der Waals surface area contributed by atoms with Crippen LogP contribution in [0.1, 0.15) is 85.5 Å². The second-order valence-electron chi connectivity index (χ2n) is 11.8. The third-order valence-electron chi connectivity index (χ3n) is 7.31. The van der Waals surface area contributed by atoms with Gasteiger partial charge in [-0.25, -0.2) is 0 Å². The molecule has 0 radical (unpaired) electrons. The number of thiocarbonyl (C=S) groups is 2. The van der Waals surface area contributed by atoms with Crippen molar-refractivity contribution >= 4 is 93.4 Å². The average molecular weight is 675 g/mol. The Bertz CT molecular complexity index is 918. The van der Waals surface area contributed by atoms with Gasteiger partial charge in [-0.2, -0.15) is 0 Å². The molecule has 2 saturated heterocycles. The van der Waals surface area contributed by atoms with Gasteiger partial charge in [0.25, 0.3) is 0 Å². The highest BCUT2D eigenvalue weighted by molar-refractivity contribution is 8.04. The second kappa shape index (κ2) is 21.0. The van der Waals surface area contributed by atoms with Gasteiger partial charge in [0.15, 0.2) is 0 Å². The van der Waals surface area contributed by atoms with E-state index >= 15 is 0 Å². The largest absolute Gasteiger partial charge is 0.370 e. The first-order valence-electron chi connectivity index (χ1n) is 14.9. The predicted octanol–water partition coefficient (Wildman–Crippen LogP) is 8.45. The van der Waals surface area contributed by atoms with Crippen LogP contribution >= 0.6 is 71.5 Å². The summed E-state index contributed by atoms with van der Waals surface area (Å²) in [5.74, 6) is 8.57. The van der Waals surface area contributed by atoms with Crippen molar-refractivity contribution in [3.05, 3.63) is 22.0 Å². The Labute approximate surface area is 277 Å². The van der Waals surface area contributed by atoms with E-state index in [1.54, 1.807) is 0 Å². The van der Waals surface area contributed by atoms with Gasteiger partial charge in [-0.1, -0.05) is 50.4 Å². The van der Waals surface area contributed by atoms with Crippen molar-refractivity contribution in [3.63, 3.8) is 0 Å². The van der Waals surface area contributed by atoms with Gasteiger partial charge in [0.05, 0.1) is 10.9 Å². The van der Waals surface area contributed by atoms with Gasteiger partial charge in [-0.3, -0.25) is 9.59 Å². The number of thioether (sulfide) groups is 4. The molecule has 10 heteroatoms. The van der Waals surface area contributed by atoms with Gasteiger partial charge in [-0.05, 0) is 78.6 Å². The highest BCUT2D eigenvalue weighted by Gasteiger charge is 2.26. The van der Waals surface area contributed by atoms with Gasteiger partial charge in [-0.15, -0.1) is 47.0 Å². The Kier molecular flexibility index (Phi) is 19.1. The third kappa shape index (κ3) is 16.2. The lowest BCUT2D eigenvalue weighted by atomic mass is 9.95.